The van der Waals surface area contributed by atoms with Gasteiger partial charge in [0.2, 0.25) is 0 Å². The molecule has 2 N–H and O–H groups in total. The van der Waals surface area contributed by atoms with Crippen molar-refractivity contribution >= 4 is 17.5 Å². The Labute approximate surface area is 150 Å². The van der Waals surface area contributed by atoms with Crippen LogP contribution in [0.25, 0.3) is 0 Å². The van der Waals surface area contributed by atoms with Crippen LogP contribution in [0.4, 0.5) is 5.69 Å². The molecule has 2 amide bonds. The molecule has 0 saturated carbocycles. The summed E-state index contributed by atoms with van der Waals surface area (Å²) in [5.74, 6) is -0.329. The highest BCUT2D eigenvalue weighted by Gasteiger charge is 2.09. The molecule has 0 aliphatic carbocycles. The lowest BCUT2D eigenvalue weighted by Crippen LogP contribution is -2.43. The monoisotopic (exact) mass is 357 g/mol. The van der Waals surface area contributed by atoms with Crippen molar-refractivity contribution < 1.29 is 19.2 Å². The number of carbonyl (C=O) groups excluding carboxylic acids is 2. The predicted octanol–water partition coefficient (Wildman–Crippen LogP) is 2.56. The average molecular weight is 357 g/mol. The summed E-state index contributed by atoms with van der Waals surface area (Å²) in [6.07, 6.45) is 0. The highest BCUT2D eigenvalue weighted by Crippen LogP contribution is 2.17. The van der Waals surface area contributed by atoms with Crippen LogP contribution >= 0.6 is 0 Å². The first-order chi connectivity index (χ1) is 12.4. The molecule has 0 unspecified atom stereocenters. The summed E-state index contributed by atoms with van der Waals surface area (Å²) >= 11 is 0. The third-order valence-corrected chi connectivity index (χ3v) is 3.57. The fraction of sp³-hybridized carbons (Fsp3) is 0.222. The number of rotatable bonds is 6. The number of hydrogen-bond acceptors (Lipinski definition) is 5. The highest BCUT2D eigenvalue weighted by molar-refractivity contribution is 5.95. The van der Waals surface area contributed by atoms with Crippen LogP contribution in [0.2, 0.25) is 0 Å². The van der Waals surface area contributed by atoms with Crippen LogP contribution in [0.5, 0.6) is 5.75 Å². The van der Waals surface area contributed by atoms with Gasteiger partial charge in [0.1, 0.15) is 5.75 Å². The summed E-state index contributed by atoms with van der Waals surface area (Å²) in [7, 11) is 0. The van der Waals surface area contributed by atoms with Crippen molar-refractivity contribution in [1.29, 1.82) is 0 Å². The van der Waals surface area contributed by atoms with E-state index in [0.29, 0.717) is 17.2 Å². The van der Waals surface area contributed by atoms with Gasteiger partial charge in [-0.25, -0.2) is 0 Å². The van der Waals surface area contributed by atoms with Crippen molar-refractivity contribution in [3.05, 3.63) is 69.8 Å². The molecule has 2 aromatic carbocycles. The van der Waals surface area contributed by atoms with Crippen molar-refractivity contribution in [1.82, 2.24) is 10.9 Å². The topological polar surface area (TPSA) is 111 Å². The van der Waals surface area contributed by atoms with Gasteiger partial charge in [-0.3, -0.25) is 30.6 Å². The summed E-state index contributed by atoms with van der Waals surface area (Å²) in [6.45, 7) is 3.77. The number of amides is 2. The zero-order valence-electron chi connectivity index (χ0n) is 14.4. The Bertz CT molecular complexity index is 785. The number of non-ortho nitro benzene ring substituents is 1. The maximum atomic E-state index is 12.0. The molecule has 8 nitrogen and oxygen atoms in total. The molecule has 2 rings (SSSR count). The zero-order chi connectivity index (χ0) is 19.1. The maximum absolute atomic E-state index is 12.0. The maximum Gasteiger partial charge on any atom is 0.276 e. The number of carbonyl (C=O) groups is 2. The van der Waals surface area contributed by atoms with Gasteiger partial charge in [-0.2, -0.15) is 0 Å². The van der Waals surface area contributed by atoms with Gasteiger partial charge in [-0.15, -0.1) is 0 Å². The number of nitrogens with zero attached hydrogens (tertiary/aromatic N) is 1. The molecule has 0 spiro atoms. The second-order valence-corrected chi connectivity index (χ2v) is 5.82. The molecule has 26 heavy (non-hydrogen) atoms. The Morgan fingerprint density at radius 2 is 1.65 bits per heavy atom. The van der Waals surface area contributed by atoms with Gasteiger partial charge in [-0.05, 0) is 35.7 Å². The van der Waals surface area contributed by atoms with Gasteiger partial charge in [-0.1, -0.05) is 26.0 Å². The zero-order valence-corrected chi connectivity index (χ0v) is 14.4. The Kier molecular flexibility index (Phi) is 6.26. The molecule has 2 aromatic rings. The summed E-state index contributed by atoms with van der Waals surface area (Å²) < 4.78 is 5.20. The van der Waals surface area contributed by atoms with Crippen LogP contribution < -0.4 is 15.6 Å². The summed E-state index contributed by atoms with van der Waals surface area (Å²) in [4.78, 5) is 33.7. The fourth-order valence-electron chi connectivity index (χ4n) is 2.07. The van der Waals surface area contributed by atoms with Crippen molar-refractivity contribution in [2.75, 3.05) is 6.61 Å². The molecule has 0 heterocycles. The van der Waals surface area contributed by atoms with E-state index in [0.717, 1.165) is 5.56 Å². The van der Waals surface area contributed by atoms with E-state index in [1.807, 2.05) is 12.1 Å². The standard InChI is InChI=1S/C18H19N3O5/c1-12(2)13-3-5-14(6-4-13)18(23)20-19-17(22)11-26-16-9-7-15(8-10-16)21(24)25/h3-10,12H,11H2,1-2H3,(H,19,22)(H,20,23). The Morgan fingerprint density at radius 1 is 1.04 bits per heavy atom. The summed E-state index contributed by atoms with van der Waals surface area (Å²) in [6, 6.07) is 12.4. The van der Waals surface area contributed by atoms with Crippen LogP contribution in [0.3, 0.4) is 0 Å². The third kappa shape index (κ3) is 5.30. The molecular formula is C18H19N3O5. The lowest BCUT2D eigenvalue weighted by molar-refractivity contribution is -0.384. The van der Waals surface area contributed by atoms with E-state index < -0.39 is 16.7 Å². The quantitative estimate of drug-likeness (QED) is 0.610. The second kappa shape index (κ2) is 8.61. The minimum Gasteiger partial charge on any atom is -0.484 e. The number of ether oxygens (including phenoxy) is 1. The molecule has 0 aromatic heterocycles. The fourth-order valence-corrected chi connectivity index (χ4v) is 2.07. The number of hydrazine groups is 1. The van der Waals surface area contributed by atoms with Gasteiger partial charge >= 0.3 is 0 Å². The average Bonchev–Trinajstić information content (AvgIpc) is 2.64. The number of nitro benzene ring substituents is 1. The molecular weight excluding hydrogens is 338 g/mol. The molecule has 0 radical (unpaired) electrons. The lowest BCUT2D eigenvalue weighted by atomic mass is 10.0. The van der Waals surface area contributed by atoms with Crippen molar-refractivity contribution in [2.24, 2.45) is 0 Å². The molecule has 0 saturated heterocycles. The van der Waals surface area contributed by atoms with Gasteiger partial charge in [0, 0.05) is 17.7 Å². The van der Waals surface area contributed by atoms with E-state index in [-0.39, 0.29) is 12.3 Å². The smallest absolute Gasteiger partial charge is 0.276 e. The Morgan fingerprint density at radius 3 is 2.19 bits per heavy atom. The van der Waals surface area contributed by atoms with E-state index in [2.05, 4.69) is 24.7 Å². The first-order valence-corrected chi connectivity index (χ1v) is 7.93. The minimum absolute atomic E-state index is 0.0717. The Balaban J connectivity index is 1.78. The van der Waals surface area contributed by atoms with E-state index >= 15 is 0 Å². The summed E-state index contributed by atoms with van der Waals surface area (Å²) in [5.41, 5.74) is 6.01. The second-order valence-electron chi connectivity index (χ2n) is 5.82. The van der Waals surface area contributed by atoms with Gasteiger partial charge in [0.25, 0.3) is 17.5 Å². The molecule has 0 atom stereocenters. The van der Waals surface area contributed by atoms with Gasteiger partial charge in [0.05, 0.1) is 4.92 Å². The van der Waals surface area contributed by atoms with E-state index in [1.54, 1.807) is 12.1 Å². The van der Waals surface area contributed by atoms with Gasteiger partial charge < -0.3 is 4.74 Å². The molecule has 0 aliphatic rings. The lowest BCUT2D eigenvalue weighted by Gasteiger charge is -2.10. The number of nitrogens with one attached hydrogen (secondary N) is 2. The molecule has 136 valence electrons. The van der Waals surface area contributed by atoms with Crippen LogP contribution in [0, 0.1) is 10.1 Å². The number of benzene rings is 2. The van der Waals surface area contributed by atoms with E-state index in [1.165, 1.54) is 24.3 Å². The van der Waals surface area contributed by atoms with Gasteiger partial charge in [0.15, 0.2) is 6.61 Å². The Hall–Kier alpha value is -3.42. The summed E-state index contributed by atoms with van der Waals surface area (Å²) in [5, 5.41) is 10.6. The van der Waals surface area contributed by atoms with Crippen LogP contribution in [0.15, 0.2) is 48.5 Å². The van der Waals surface area contributed by atoms with Crippen molar-refractivity contribution in [3.63, 3.8) is 0 Å². The normalized spacial score (nSPS) is 10.3. The van der Waals surface area contributed by atoms with Crippen molar-refractivity contribution in [3.8, 4) is 5.75 Å². The SMILES string of the molecule is CC(C)c1ccc(C(=O)NNC(=O)COc2ccc([N+](=O)[O-])cc2)cc1. The van der Waals surface area contributed by atoms with Crippen LogP contribution in [0.1, 0.15) is 35.7 Å². The molecule has 0 bridgehead atoms. The van der Waals surface area contributed by atoms with E-state index in [4.69, 9.17) is 4.74 Å². The van der Waals surface area contributed by atoms with Crippen molar-refractivity contribution in [2.45, 2.75) is 19.8 Å². The molecule has 8 heteroatoms. The first-order valence-electron chi connectivity index (χ1n) is 7.93. The highest BCUT2D eigenvalue weighted by atomic mass is 16.6. The largest absolute Gasteiger partial charge is 0.484 e. The minimum atomic E-state index is -0.560. The number of hydrogen-bond donors (Lipinski definition) is 2. The predicted molar refractivity (Wildman–Crippen MR) is 94.7 cm³/mol. The number of nitro groups is 1. The molecule has 0 aliphatic heterocycles. The van der Waals surface area contributed by atoms with Crippen LogP contribution in [-0.4, -0.2) is 23.3 Å². The van der Waals surface area contributed by atoms with E-state index in [9.17, 15) is 19.7 Å². The first kappa shape index (κ1) is 18.9. The molecule has 0 fully saturated rings. The van der Waals surface area contributed by atoms with Crippen LogP contribution in [-0.2, 0) is 4.79 Å². The third-order valence-electron chi connectivity index (χ3n) is 3.57.